The number of amides is 2. The zero-order chi connectivity index (χ0) is 24.8. The molecule has 1 aliphatic heterocycles. The van der Waals surface area contributed by atoms with Crippen molar-refractivity contribution in [2.45, 2.75) is 20.8 Å². The van der Waals surface area contributed by atoms with Gasteiger partial charge >= 0.3 is 0 Å². The third kappa shape index (κ3) is 5.81. The molecular weight excluding hydrogens is 444 g/mol. The highest BCUT2D eigenvalue weighted by atomic mass is 16.5. The lowest BCUT2D eigenvalue weighted by Crippen LogP contribution is -2.35. The molecule has 1 fully saturated rings. The Bertz CT molecular complexity index is 1230. The van der Waals surface area contributed by atoms with Crippen LogP contribution in [0.25, 0.3) is 6.08 Å². The van der Waals surface area contributed by atoms with Crippen LogP contribution in [-0.2, 0) is 9.59 Å². The fourth-order valence-corrected chi connectivity index (χ4v) is 3.81. The highest BCUT2D eigenvalue weighted by Gasteiger charge is 2.34. The van der Waals surface area contributed by atoms with Crippen LogP contribution in [0.5, 0.6) is 17.2 Å². The summed E-state index contributed by atoms with van der Waals surface area (Å²) >= 11 is 0. The molecule has 0 saturated carbocycles. The lowest BCUT2D eigenvalue weighted by Gasteiger charge is -2.14. The van der Waals surface area contributed by atoms with Gasteiger partial charge in [0, 0.05) is 0 Å². The van der Waals surface area contributed by atoms with E-state index in [0.717, 1.165) is 16.9 Å². The quantitative estimate of drug-likeness (QED) is 0.279. The molecule has 180 valence electrons. The molecule has 0 aliphatic carbocycles. The average Bonchev–Trinajstić information content (AvgIpc) is 3.11. The SMILES string of the molecule is CCOc1cc(C=C2C(=O)NN(c3ccccc3)C2=O)ccc1OCCOc1cc(C)cc(C)c1. The second-order valence-electron chi connectivity index (χ2n) is 8.13. The number of nitrogens with zero attached hydrogens (tertiary/aromatic N) is 1. The molecule has 4 rings (SSSR count). The molecule has 0 bridgehead atoms. The van der Waals surface area contributed by atoms with Crippen LogP contribution in [0, 0.1) is 13.8 Å². The molecular formula is C28H28N2O5. The molecule has 2 amide bonds. The fourth-order valence-electron chi connectivity index (χ4n) is 3.81. The largest absolute Gasteiger partial charge is 0.490 e. The van der Waals surface area contributed by atoms with Gasteiger partial charge in [0.05, 0.1) is 12.3 Å². The van der Waals surface area contributed by atoms with Gasteiger partial charge in [0.25, 0.3) is 11.8 Å². The van der Waals surface area contributed by atoms with E-state index in [2.05, 4.69) is 11.5 Å². The third-order valence-corrected chi connectivity index (χ3v) is 5.29. The van der Waals surface area contributed by atoms with Crippen molar-refractivity contribution in [3.63, 3.8) is 0 Å². The average molecular weight is 473 g/mol. The molecule has 0 radical (unpaired) electrons. The van der Waals surface area contributed by atoms with Crippen LogP contribution in [0.3, 0.4) is 0 Å². The summed E-state index contributed by atoms with van der Waals surface area (Å²) in [7, 11) is 0. The predicted octanol–water partition coefficient (Wildman–Crippen LogP) is 4.62. The van der Waals surface area contributed by atoms with Crippen molar-refractivity contribution >= 4 is 23.6 Å². The Morgan fingerprint density at radius 3 is 2.26 bits per heavy atom. The zero-order valence-electron chi connectivity index (χ0n) is 20.0. The van der Waals surface area contributed by atoms with Crippen LogP contribution in [0.4, 0.5) is 5.69 Å². The Balaban J connectivity index is 1.44. The molecule has 35 heavy (non-hydrogen) atoms. The number of hydrogen-bond acceptors (Lipinski definition) is 5. The molecule has 0 atom stereocenters. The van der Waals surface area contributed by atoms with E-state index >= 15 is 0 Å². The van der Waals surface area contributed by atoms with Gasteiger partial charge < -0.3 is 14.2 Å². The first-order chi connectivity index (χ1) is 16.9. The van der Waals surface area contributed by atoms with E-state index in [1.165, 1.54) is 5.01 Å². The Hall–Kier alpha value is -4.26. The number of carbonyl (C=O) groups excluding carboxylic acids is 2. The van der Waals surface area contributed by atoms with Crippen LogP contribution in [0.15, 0.2) is 72.3 Å². The second kappa shape index (κ2) is 10.8. The van der Waals surface area contributed by atoms with Crippen LogP contribution >= 0.6 is 0 Å². The van der Waals surface area contributed by atoms with Crippen LogP contribution in [0.1, 0.15) is 23.6 Å². The van der Waals surface area contributed by atoms with Gasteiger partial charge in [-0.25, -0.2) is 5.01 Å². The number of ether oxygens (including phenoxy) is 3. The van der Waals surface area contributed by atoms with Gasteiger partial charge in [0.15, 0.2) is 11.5 Å². The summed E-state index contributed by atoms with van der Waals surface area (Å²) in [5.74, 6) is 1.02. The zero-order valence-corrected chi connectivity index (χ0v) is 20.0. The van der Waals surface area contributed by atoms with Gasteiger partial charge in [-0.3, -0.25) is 15.0 Å². The predicted molar refractivity (Wildman–Crippen MR) is 135 cm³/mol. The summed E-state index contributed by atoms with van der Waals surface area (Å²) in [6, 6.07) is 20.3. The monoisotopic (exact) mass is 472 g/mol. The molecule has 1 saturated heterocycles. The minimum Gasteiger partial charge on any atom is -0.490 e. The highest BCUT2D eigenvalue weighted by Crippen LogP contribution is 2.30. The molecule has 0 unspecified atom stereocenters. The number of benzene rings is 3. The molecule has 3 aromatic carbocycles. The summed E-state index contributed by atoms with van der Waals surface area (Å²) in [6.45, 7) is 7.10. The van der Waals surface area contributed by atoms with Crippen molar-refractivity contribution in [1.82, 2.24) is 5.43 Å². The molecule has 0 aromatic heterocycles. The number of hydrogen-bond donors (Lipinski definition) is 1. The number of nitrogens with one attached hydrogen (secondary N) is 1. The van der Waals surface area contributed by atoms with E-state index in [1.807, 2.05) is 39.0 Å². The first kappa shape index (κ1) is 23.9. The molecule has 7 heteroatoms. The maximum Gasteiger partial charge on any atom is 0.282 e. The van der Waals surface area contributed by atoms with Gasteiger partial charge in [0.2, 0.25) is 0 Å². The van der Waals surface area contributed by atoms with Gasteiger partial charge in [-0.05, 0) is 79.9 Å². The second-order valence-corrected chi connectivity index (χ2v) is 8.13. The Kier molecular flexibility index (Phi) is 7.35. The number of aryl methyl sites for hydroxylation is 2. The number of rotatable bonds is 9. The maximum atomic E-state index is 12.8. The summed E-state index contributed by atoms with van der Waals surface area (Å²) in [5, 5.41) is 1.24. The van der Waals surface area contributed by atoms with Gasteiger partial charge in [-0.2, -0.15) is 0 Å². The summed E-state index contributed by atoms with van der Waals surface area (Å²) in [4.78, 5) is 25.3. The van der Waals surface area contributed by atoms with Crippen molar-refractivity contribution < 1.29 is 23.8 Å². The molecule has 7 nitrogen and oxygen atoms in total. The fraction of sp³-hybridized carbons (Fsp3) is 0.214. The van der Waals surface area contributed by atoms with Crippen molar-refractivity contribution in [2.75, 3.05) is 24.8 Å². The van der Waals surface area contributed by atoms with Crippen molar-refractivity contribution in [1.29, 1.82) is 0 Å². The smallest absolute Gasteiger partial charge is 0.282 e. The van der Waals surface area contributed by atoms with Gasteiger partial charge in [0.1, 0.15) is 24.5 Å². The number of carbonyl (C=O) groups is 2. The number of para-hydroxylation sites is 1. The van der Waals surface area contributed by atoms with Crippen molar-refractivity contribution in [2.24, 2.45) is 0 Å². The molecule has 1 N–H and O–H groups in total. The topological polar surface area (TPSA) is 77.1 Å². The molecule has 3 aromatic rings. The summed E-state index contributed by atoms with van der Waals surface area (Å²) < 4.78 is 17.4. The highest BCUT2D eigenvalue weighted by molar-refractivity contribution is 6.31. The molecule has 1 aliphatic rings. The maximum absolute atomic E-state index is 12.8. The standard InChI is InChI=1S/C28H28N2O5/c1-4-33-26-18-21(17-24-27(31)29-30(28(24)32)22-8-6-5-7-9-22)10-11-25(26)35-13-12-34-23-15-19(2)14-20(3)16-23/h5-11,14-18H,4,12-13H2,1-3H3,(H,29,31). The first-order valence-electron chi connectivity index (χ1n) is 11.5. The number of anilines is 1. The lowest BCUT2D eigenvalue weighted by atomic mass is 10.1. The van der Waals surface area contributed by atoms with Crippen LogP contribution < -0.4 is 24.6 Å². The molecule has 0 spiro atoms. The van der Waals surface area contributed by atoms with E-state index in [9.17, 15) is 9.59 Å². The summed E-state index contributed by atoms with van der Waals surface area (Å²) in [5.41, 5.74) is 6.19. The van der Waals surface area contributed by atoms with E-state index in [1.54, 1.807) is 48.5 Å². The Morgan fingerprint density at radius 2 is 1.54 bits per heavy atom. The summed E-state index contributed by atoms with van der Waals surface area (Å²) in [6.07, 6.45) is 1.55. The van der Waals surface area contributed by atoms with Crippen LogP contribution in [0.2, 0.25) is 0 Å². The van der Waals surface area contributed by atoms with Crippen molar-refractivity contribution in [3.8, 4) is 17.2 Å². The Labute approximate surface area is 204 Å². The van der Waals surface area contributed by atoms with Gasteiger partial charge in [-0.1, -0.05) is 30.3 Å². The van der Waals surface area contributed by atoms with E-state index in [-0.39, 0.29) is 5.57 Å². The van der Waals surface area contributed by atoms with Crippen LogP contribution in [-0.4, -0.2) is 31.6 Å². The van der Waals surface area contributed by atoms with Gasteiger partial charge in [-0.15, -0.1) is 0 Å². The normalized spacial score (nSPS) is 14.3. The van der Waals surface area contributed by atoms with E-state index < -0.39 is 11.8 Å². The first-order valence-corrected chi connectivity index (χ1v) is 11.5. The van der Waals surface area contributed by atoms with Crippen molar-refractivity contribution in [3.05, 3.63) is 89.0 Å². The van der Waals surface area contributed by atoms with E-state index in [0.29, 0.717) is 42.6 Å². The minimum absolute atomic E-state index is 0.0480. The molecule has 1 heterocycles. The third-order valence-electron chi connectivity index (χ3n) is 5.29. The Morgan fingerprint density at radius 1 is 0.829 bits per heavy atom. The number of hydrazine groups is 1. The van der Waals surface area contributed by atoms with E-state index in [4.69, 9.17) is 14.2 Å². The lowest BCUT2D eigenvalue weighted by molar-refractivity contribution is -0.117. The minimum atomic E-state index is -0.458.